The molecule has 2 aromatic heterocycles. The normalized spacial score (nSPS) is 13.7. The van der Waals surface area contributed by atoms with Crippen molar-refractivity contribution in [3.8, 4) is 5.69 Å². The van der Waals surface area contributed by atoms with E-state index < -0.39 is 93.8 Å². The fraction of sp³-hybridized carbons (Fsp3) is 0.405. The Morgan fingerprint density at radius 3 is 2.06 bits per heavy atom. The van der Waals surface area contributed by atoms with Crippen molar-refractivity contribution in [2.24, 2.45) is 7.05 Å². The third-order valence-corrected chi connectivity index (χ3v) is 9.80. The van der Waals surface area contributed by atoms with E-state index in [1.165, 1.54) is 18.3 Å². The number of carboxylic acids is 1. The monoisotopic (exact) mass is 994 g/mol. The van der Waals surface area contributed by atoms with Crippen molar-refractivity contribution in [2.45, 2.75) is 56.0 Å². The highest BCUT2D eigenvalue weighted by Crippen LogP contribution is 2.42. The molecule has 27 heteroatoms. The predicted molar refractivity (Wildman–Crippen MR) is 220 cm³/mol. The minimum atomic E-state index is -4.86. The molecule has 0 saturated heterocycles. The van der Waals surface area contributed by atoms with E-state index in [1.54, 1.807) is 13.8 Å². The summed E-state index contributed by atoms with van der Waals surface area (Å²) in [7, 11) is -6.86. The van der Waals surface area contributed by atoms with Gasteiger partial charge in [-0.2, -0.15) is 26.3 Å². The number of hydrogen-bond donors (Lipinski definition) is 3. The second kappa shape index (κ2) is 22.4. The summed E-state index contributed by atoms with van der Waals surface area (Å²) in [6.45, 7) is 2.75. The molecule has 5 rings (SSSR count). The van der Waals surface area contributed by atoms with Gasteiger partial charge in [0.2, 0.25) is 0 Å². The number of nitrogens with one attached hydrogen (secondary N) is 1. The summed E-state index contributed by atoms with van der Waals surface area (Å²) in [6, 6.07) is 5.96. The number of benzene rings is 2. The summed E-state index contributed by atoms with van der Waals surface area (Å²) in [5, 5.41) is 13.5. The zero-order valence-electron chi connectivity index (χ0n) is 34.7. The Labute approximate surface area is 368 Å². The van der Waals surface area contributed by atoms with Gasteiger partial charge in [0.1, 0.15) is 13.3 Å². The van der Waals surface area contributed by atoms with Crippen LogP contribution in [-0.2, 0) is 54.2 Å². The summed E-state index contributed by atoms with van der Waals surface area (Å²) in [6.07, 6.45) is -0.573. The predicted octanol–water partition coefficient (Wildman–Crippen LogP) is 4.64. The van der Waals surface area contributed by atoms with Crippen molar-refractivity contribution < 1.29 is 77.9 Å². The molecule has 0 radical (unpaired) electrons. The molecule has 2 heterocycles. The molecule has 0 aliphatic heterocycles. The average molecular weight is 995 g/mol. The maximum absolute atomic E-state index is 12.9. The number of ketones is 1. The van der Waals surface area contributed by atoms with Crippen LogP contribution in [0.5, 0.6) is 0 Å². The summed E-state index contributed by atoms with van der Waals surface area (Å²) >= 11 is 5.94. The number of halogens is 7. The van der Waals surface area contributed by atoms with E-state index in [0.717, 1.165) is 38.3 Å². The largest absolute Gasteiger partial charge is 0.778 e. The molecule has 1 atom stereocenters. The van der Waals surface area contributed by atoms with Crippen LogP contribution in [0.25, 0.3) is 5.69 Å². The fourth-order valence-electron chi connectivity index (χ4n) is 4.92. The lowest BCUT2D eigenvalue weighted by molar-refractivity contribution is -0.193. The van der Waals surface area contributed by atoms with Gasteiger partial charge in [-0.1, -0.05) is 16.8 Å². The number of ether oxygens (including phenoxy) is 1. The second-order valence-electron chi connectivity index (χ2n) is 14.2. The van der Waals surface area contributed by atoms with Gasteiger partial charge in [0.15, 0.2) is 21.4 Å². The third kappa shape index (κ3) is 17.0. The van der Waals surface area contributed by atoms with Gasteiger partial charge in [-0.3, -0.25) is 24.3 Å². The van der Waals surface area contributed by atoms with Crippen molar-refractivity contribution in [1.29, 1.82) is 0 Å². The first-order valence-electron chi connectivity index (χ1n) is 17.9. The van der Waals surface area contributed by atoms with Gasteiger partial charge in [-0.25, -0.2) is 22.6 Å². The van der Waals surface area contributed by atoms with E-state index in [9.17, 15) is 68.2 Å². The van der Waals surface area contributed by atoms with Gasteiger partial charge < -0.3 is 28.7 Å². The number of alkyl halides is 6. The van der Waals surface area contributed by atoms with Crippen LogP contribution in [0.15, 0.2) is 67.7 Å². The number of carbonyl (C=O) groups is 3. The Hall–Kier alpha value is -4.78. The molecule has 0 spiro atoms. The smallest absolute Gasteiger partial charge is 0.431 e. The van der Waals surface area contributed by atoms with Gasteiger partial charge in [0, 0.05) is 30.9 Å². The number of hydrogen-bond acceptors (Lipinski definition) is 13. The molecule has 1 fully saturated rings. The molecule has 1 aliphatic carbocycles. The summed E-state index contributed by atoms with van der Waals surface area (Å²) in [5.41, 5.74) is -5.38. The molecule has 17 nitrogen and oxygen atoms in total. The van der Waals surface area contributed by atoms with Crippen molar-refractivity contribution in [3.05, 3.63) is 108 Å². The van der Waals surface area contributed by atoms with Gasteiger partial charge >= 0.3 is 30.0 Å². The number of aromatic nitrogens is 3. The fourth-order valence-corrected chi connectivity index (χ4v) is 6.41. The number of sulfone groups is 1. The molecular weight excluding hydrogens is 953 g/mol. The first kappa shape index (κ1) is 55.4. The SMILES string of the molecule is CC(C)OC(=O)c1cc(-n2c(=O)cc(C(F)(F)F)n(C)c2=O)ccc1Cl.CS(=O)(=O)c1cc(C(F)(F)F)ccc1C(=O)c1cnoc1C1CC1.C[S+](C)C.O=C(O)CNCP(=O)([O-])O. The number of rotatable bonds is 11. The number of carboxylic acid groups (broad SMARTS) is 1. The molecule has 64 heavy (non-hydrogen) atoms. The number of aliphatic carboxylic acids is 1. The zero-order valence-corrected chi connectivity index (χ0v) is 38.0. The van der Waals surface area contributed by atoms with Crippen molar-refractivity contribution in [1.82, 2.24) is 19.6 Å². The van der Waals surface area contributed by atoms with Crippen molar-refractivity contribution in [2.75, 3.05) is 37.9 Å². The van der Waals surface area contributed by atoms with E-state index in [0.29, 0.717) is 44.0 Å². The van der Waals surface area contributed by atoms with E-state index in [-0.39, 0.29) is 33.3 Å². The Morgan fingerprint density at radius 1 is 1.02 bits per heavy atom. The van der Waals surface area contributed by atoms with Crippen LogP contribution >= 0.6 is 19.2 Å². The van der Waals surface area contributed by atoms with E-state index in [4.69, 9.17) is 30.9 Å². The van der Waals surface area contributed by atoms with Gasteiger partial charge in [-0.05, 0) is 74.0 Å². The maximum Gasteiger partial charge on any atom is 0.431 e. The quantitative estimate of drug-likeness (QED) is 0.0608. The van der Waals surface area contributed by atoms with E-state index in [2.05, 4.69) is 23.9 Å². The van der Waals surface area contributed by atoms with Crippen LogP contribution < -0.4 is 21.5 Å². The highest BCUT2D eigenvalue weighted by molar-refractivity contribution is 7.94. The first-order chi connectivity index (χ1) is 29.2. The highest BCUT2D eigenvalue weighted by atomic mass is 35.5. The van der Waals surface area contributed by atoms with Crippen molar-refractivity contribution >= 4 is 57.7 Å². The van der Waals surface area contributed by atoms with Gasteiger partial charge in [-0.15, -0.1) is 0 Å². The lowest BCUT2D eigenvalue weighted by Crippen LogP contribution is -2.40. The third-order valence-electron chi connectivity index (χ3n) is 7.71. The molecule has 1 aliphatic rings. The van der Waals surface area contributed by atoms with Crippen LogP contribution in [0, 0.1) is 0 Å². The molecule has 354 valence electrons. The number of nitrogens with zero attached hydrogens (tertiary/aromatic N) is 3. The van der Waals surface area contributed by atoms with Crippen LogP contribution in [-0.4, -0.2) is 94.4 Å². The van der Waals surface area contributed by atoms with Gasteiger partial charge in [0.05, 0.1) is 76.2 Å². The molecule has 1 unspecified atom stereocenters. The highest BCUT2D eigenvalue weighted by Gasteiger charge is 2.37. The molecule has 3 N–H and O–H groups in total. The van der Waals surface area contributed by atoms with Crippen LogP contribution in [0.2, 0.25) is 5.02 Å². The van der Waals surface area contributed by atoms with Crippen LogP contribution in [0.1, 0.15) is 75.9 Å². The lowest BCUT2D eigenvalue weighted by Gasteiger charge is -2.15. The molecular formula is C37H42ClF6N4O13PS2. The first-order valence-corrected chi connectivity index (χ1v) is 24.4. The Bertz CT molecular complexity index is 2600. The lowest BCUT2D eigenvalue weighted by atomic mass is 10.0. The molecule has 4 aromatic rings. The summed E-state index contributed by atoms with van der Waals surface area (Å²) < 4.78 is 122. The number of carbonyl (C=O) groups excluding carboxylic acids is 2. The van der Waals surface area contributed by atoms with E-state index >= 15 is 0 Å². The number of esters is 1. The molecule has 1 saturated carbocycles. The van der Waals surface area contributed by atoms with E-state index in [1.807, 2.05) is 5.32 Å². The Kier molecular flexibility index (Phi) is 19.4. The molecule has 0 bridgehead atoms. The minimum absolute atomic E-state index is 0.0104. The Balaban J connectivity index is 0.000000342. The van der Waals surface area contributed by atoms with Crippen LogP contribution in [0.4, 0.5) is 26.3 Å². The molecule has 2 aromatic carbocycles. The molecule has 0 amide bonds. The summed E-state index contributed by atoms with van der Waals surface area (Å²) in [5.74, 6) is -2.29. The van der Waals surface area contributed by atoms with Gasteiger partial charge in [0.25, 0.3) is 5.56 Å². The van der Waals surface area contributed by atoms with Crippen LogP contribution in [0.3, 0.4) is 0 Å². The maximum atomic E-state index is 12.9. The zero-order chi connectivity index (χ0) is 49.3. The minimum Gasteiger partial charge on any atom is -0.778 e. The topological polar surface area (TPSA) is 257 Å². The standard InChI is InChI=1S/C16H14ClF3N2O4.C15H12F3NO4S.C3H8NO5P.C3H9S/c1-8(2)26-14(24)10-6-9(4-5-11(10)17)22-13(23)7-12(16(18,19)20)21(3)15(22)25;1-24(21,22)12-6-9(15(16,17)18)4-5-10(12)13(20)11-7-19-23-14(11)8-2-3-8;5-3(6)1-4-2-10(7,8)9;1-4(2)3/h4-8H,1-3H3;4-8H,2-3H2,1H3;4H,1-2H2,(H,5,6)(H2,7,8,9);1-3H3/q;;;+1/p-1. The van der Waals surface area contributed by atoms with Crippen molar-refractivity contribution in [3.63, 3.8) is 0 Å². The summed E-state index contributed by atoms with van der Waals surface area (Å²) in [4.78, 5) is 76.2. The second-order valence-corrected chi connectivity index (χ2v) is 20.6. The average Bonchev–Trinajstić information content (AvgIpc) is 3.86. The Morgan fingerprint density at radius 2 is 1.59 bits per heavy atom.